The van der Waals surface area contributed by atoms with Gasteiger partial charge in [0, 0.05) is 6.54 Å². The Kier molecular flexibility index (Phi) is 3.83. The minimum Gasteiger partial charge on any atom is -0.333 e. The summed E-state index contributed by atoms with van der Waals surface area (Å²) in [6.07, 6.45) is 2.50. The lowest BCUT2D eigenvalue weighted by Crippen LogP contribution is -2.30. The van der Waals surface area contributed by atoms with Gasteiger partial charge in [-0.05, 0) is 38.1 Å². The van der Waals surface area contributed by atoms with Crippen LogP contribution in [0.5, 0.6) is 0 Å². The van der Waals surface area contributed by atoms with Gasteiger partial charge in [-0.2, -0.15) is 4.98 Å². The lowest BCUT2D eigenvalue weighted by Gasteiger charge is -2.17. The lowest BCUT2D eigenvalue weighted by atomic mass is 10.3. The molecule has 2 aromatic rings. The van der Waals surface area contributed by atoms with Crippen LogP contribution in [0.3, 0.4) is 0 Å². The first-order valence-electron chi connectivity index (χ1n) is 6.29. The fraction of sp³-hybridized carbons (Fsp3) is 0.500. The number of halogens is 1. The summed E-state index contributed by atoms with van der Waals surface area (Å²) in [7, 11) is 0. The normalized spacial score (nSPS) is 18.0. The van der Waals surface area contributed by atoms with Crippen molar-refractivity contribution in [3.63, 3.8) is 0 Å². The summed E-state index contributed by atoms with van der Waals surface area (Å²) < 4.78 is 5.95. The van der Waals surface area contributed by atoms with E-state index in [1.807, 2.05) is 12.1 Å². The van der Waals surface area contributed by atoms with Crippen LogP contribution < -0.4 is 5.73 Å². The van der Waals surface area contributed by atoms with Gasteiger partial charge < -0.3 is 15.2 Å². The molecule has 19 heavy (non-hydrogen) atoms. The van der Waals surface area contributed by atoms with Crippen LogP contribution in [0.1, 0.15) is 24.7 Å². The maximum Gasteiger partial charge on any atom is 0.268 e. The van der Waals surface area contributed by atoms with Gasteiger partial charge in [0.15, 0.2) is 5.82 Å². The number of nitrogens with two attached hydrogens (primary N) is 1. The molecule has 1 aliphatic rings. The van der Waals surface area contributed by atoms with E-state index in [1.165, 1.54) is 24.2 Å². The summed E-state index contributed by atoms with van der Waals surface area (Å²) >= 11 is 7.31. The zero-order valence-corrected chi connectivity index (χ0v) is 12.0. The fourth-order valence-corrected chi connectivity index (χ4v) is 3.20. The Hall–Kier alpha value is -0.950. The van der Waals surface area contributed by atoms with Crippen molar-refractivity contribution < 1.29 is 4.52 Å². The maximum absolute atomic E-state index is 6.12. The molecule has 1 saturated heterocycles. The van der Waals surface area contributed by atoms with Gasteiger partial charge in [-0.15, -0.1) is 11.3 Å². The second kappa shape index (κ2) is 5.58. The molecule has 1 aliphatic heterocycles. The van der Waals surface area contributed by atoms with Crippen molar-refractivity contribution in [1.82, 2.24) is 15.0 Å². The first-order valence-corrected chi connectivity index (χ1v) is 7.49. The molecule has 2 N–H and O–H groups in total. The number of nitrogens with zero attached hydrogens (tertiary/aromatic N) is 3. The standard InChI is InChI=1S/C12H15ClN4OS/c13-10-4-3-9(19-10)12-15-11(16-18-12)8(14)7-17-5-1-2-6-17/h3-4,8H,1-2,5-7,14H2. The predicted octanol–water partition coefficient (Wildman–Crippen LogP) is 2.55. The van der Waals surface area contributed by atoms with Gasteiger partial charge in [0.2, 0.25) is 0 Å². The molecule has 0 spiro atoms. The Morgan fingerprint density at radius 1 is 1.42 bits per heavy atom. The molecule has 2 aromatic heterocycles. The van der Waals surface area contributed by atoms with Crippen LogP contribution in [-0.2, 0) is 0 Å². The second-order valence-corrected chi connectivity index (χ2v) is 6.39. The van der Waals surface area contributed by atoms with Gasteiger partial charge in [-0.3, -0.25) is 0 Å². The third-order valence-electron chi connectivity index (χ3n) is 3.21. The van der Waals surface area contributed by atoms with E-state index in [0.717, 1.165) is 24.5 Å². The van der Waals surface area contributed by atoms with E-state index in [9.17, 15) is 0 Å². The minimum atomic E-state index is -0.203. The molecule has 0 radical (unpaired) electrons. The number of hydrogen-bond acceptors (Lipinski definition) is 6. The van der Waals surface area contributed by atoms with Crippen LogP contribution in [-0.4, -0.2) is 34.7 Å². The summed E-state index contributed by atoms with van der Waals surface area (Å²) in [6, 6.07) is 3.48. The molecule has 102 valence electrons. The van der Waals surface area contributed by atoms with Gasteiger partial charge >= 0.3 is 0 Å². The van der Waals surface area contributed by atoms with E-state index in [2.05, 4.69) is 15.0 Å². The highest BCUT2D eigenvalue weighted by molar-refractivity contribution is 7.19. The number of hydrogen-bond donors (Lipinski definition) is 1. The SMILES string of the molecule is NC(CN1CCCC1)c1noc(-c2ccc(Cl)s2)n1. The van der Waals surface area contributed by atoms with Crippen LogP contribution >= 0.6 is 22.9 Å². The van der Waals surface area contributed by atoms with E-state index in [0.29, 0.717) is 16.1 Å². The Labute approximate surface area is 120 Å². The molecule has 0 amide bonds. The van der Waals surface area contributed by atoms with Crippen LogP contribution in [0.25, 0.3) is 10.8 Å². The first kappa shape index (κ1) is 13.1. The monoisotopic (exact) mass is 298 g/mol. The van der Waals surface area contributed by atoms with Crippen LogP contribution in [0.2, 0.25) is 4.34 Å². The second-order valence-electron chi connectivity index (χ2n) is 4.68. The molecule has 1 fully saturated rings. The van der Waals surface area contributed by atoms with Gasteiger partial charge in [0.1, 0.15) is 0 Å². The third kappa shape index (κ3) is 2.97. The molecule has 0 aromatic carbocycles. The van der Waals surface area contributed by atoms with Crippen molar-refractivity contribution in [2.75, 3.05) is 19.6 Å². The topological polar surface area (TPSA) is 68.2 Å². The van der Waals surface area contributed by atoms with Crippen molar-refractivity contribution >= 4 is 22.9 Å². The van der Waals surface area contributed by atoms with Crippen LogP contribution in [0.4, 0.5) is 0 Å². The molecule has 1 atom stereocenters. The zero-order valence-electron chi connectivity index (χ0n) is 10.4. The van der Waals surface area contributed by atoms with E-state index >= 15 is 0 Å². The van der Waals surface area contributed by atoms with E-state index in [4.69, 9.17) is 21.9 Å². The average molecular weight is 299 g/mol. The Morgan fingerprint density at radius 3 is 2.89 bits per heavy atom. The Bertz CT molecular complexity index is 549. The molecule has 5 nitrogen and oxygen atoms in total. The highest BCUT2D eigenvalue weighted by atomic mass is 35.5. The van der Waals surface area contributed by atoms with Gasteiger partial charge in [0.05, 0.1) is 15.3 Å². The number of likely N-dealkylation sites (tertiary alicyclic amines) is 1. The van der Waals surface area contributed by atoms with Crippen LogP contribution in [0, 0.1) is 0 Å². The lowest BCUT2D eigenvalue weighted by molar-refractivity contribution is 0.306. The van der Waals surface area contributed by atoms with Crippen molar-refractivity contribution in [2.24, 2.45) is 5.73 Å². The van der Waals surface area contributed by atoms with Crippen LogP contribution in [0.15, 0.2) is 16.7 Å². The number of thiophene rings is 1. The number of aromatic nitrogens is 2. The summed E-state index contributed by atoms with van der Waals surface area (Å²) in [5.74, 6) is 1.05. The molecule has 3 heterocycles. The first-order chi connectivity index (χ1) is 9.22. The molecule has 1 unspecified atom stereocenters. The summed E-state index contributed by atoms with van der Waals surface area (Å²) in [6.45, 7) is 3.00. The summed E-state index contributed by atoms with van der Waals surface area (Å²) in [5.41, 5.74) is 6.12. The highest BCUT2D eigenvalue weighted by Crippen LogP contribution is 2.30. The molecular formula is C12H15ClN4OS. The number of rotatable bonds is 4. The molecule has 0 aliphatic carbocycles. The van der Waals surface area contributed by atoms with Crippen molar-refractivity contribution in [3.8, 4) is 10.8 Å². The van der Waals surface area contributed by atoms with Crippen molar-refractivity contribution in [1.29, 1.82) is 0 Å². The smallest absolute Gasteiger partial charge is 0.268 e. The quantitative estimate of drug-likeness (QED) is 0.939. The van der Waals surface area contributed by atoms with Gasteiger partial charge in [0.25, 0.3) is 5.89 Å². The zero-order chi connectivity index (χ0) is 13.2. The van der Waals surface area contributed by atoms with Crippen molar-refractivity contribution in [3.05, 3.63) is 22.3 Å². The maximum atomic E-state index is 6.12. The summed E-state index contributed by atoms with van der Waals surface area (Å²) in [4.78, 5) is 7.57. The Balaban J connectivity index is 1.69. The molecule has 3 rings (SSSR count). The molecule has 7 heteroatoms. The minimum absolute atomic E-state index is 0.203. The third-order valence-corrected chi connectivity index (χ3v) is 4.43. The molecule has 0 bridgehead atoms. The predicted molar refractivity (Wildman–Crippen MR) is 75.2 cm³/mol. The average Bonchev–Trinajstić information content (AvgIpc) is 3.07. The van der Waals surface area contributed by atoms with E-state index in [1.54, 1.807) is 0 Å². The Morgan fingerprint density at radius 2 is 2.21 bits per heavy atom. The van der Waals surface area contributed by atoms with E-state index in [-0.39, 0.29) is 6.04 Å². The molecular weight excluding hydrogens is 284 g/mol. The van der Waals surface area contributed by atoms with Gasteiger partial charge in [-0.1, -0.05) is 16.8 Å². The van der Waals surface area contributed by atoms with E-state index < -0.39 is 0 Å². The summed E-state index contributed by atoms with van der Waals surface area (Å²) in [5, 5.41) is 3.97. The largest absolute Gasteiger partial charge is 0.333 e. The molecule has 0 saturated carbocycles. The fourth-order valence-electron chi connectivity index (χ4n) is 2.24. The van der Waals surface area contributed by atoms with Crippen molar-refractivity contribution in [2.45, 2.75) is 18.9 Å². The van der Waals surface area contributed by atoms with Gasteiger partial charge in [-0.25, -0.2) is 0 Å². The highest BCUT2D eigenvalue weighted by Gasteiger charge is 2.20.